The second kappa shape index (κ2) is 7.74. The molecule has 0 amide bonds. The zero-order valence-corrected chi connectivity index (χ0v) is 15.2. The molecule has 6 nitrogen and oxygen atoms in total. The Labute approximate surface area is 154 Å². The standard InChI is InChI=1S/C20H25N5O/c1-26-19-6-4-18(5-7-19)25-12-9-22-20(25)15-23-10-2-3-17(13-23)14-24-11-8-21-16-24/h4-9,11-12,16-17H,2-3,10,13-15H2,1H3/t17-/m0/s1. The number of hydrogen-bond acceptors (Lipinski definition) is 4. The Bertz CT molecular complexity index is 809. The molecular formula is C20H25N5O. The second-order valence-corrected chi connectivity index (χ2v) is 6.91. The molecular weight excluding hydrogens is 326 g/mol. The number of rotatable bonds is 6. The molecule has 26 heavy (non-hydrogen) atoms. The lowest BCUT2D eigenvalue weighted by Crippen LogP contribution is -2.37. The molecule has 1 aromatic carbocycles. The third-order valence-corrected chi connectivity index (χ3v) is 5.06. The fourth-order valence-electron chi connectivity index (χ4n) is 3.77. The van der Waals surface area contributed by atoms with Crippen LogP contribution in [0.4, 0.5) is 0 Å². The fraction of sp³-hybridized carbons (Fsp3) is 0.400. The molecule has 1 aliphatic rings. The SMILES string of the molecule is COc1ccc(-n2ccnc2CN2CCC[C@H](Cn3ccnc3)C2)cc1. The number of likely N-dealkylation sites (tertiary alicyclic amines) is 1. The third kappa shape index (κ3) is 3.80. The summed E-state index contributed by atoms with van der Waals surface area (Å²) in [5, 5.41) is 0. The molecule has 0 bridgehead atoms. The van der Waals surface area contributed by atoms with Crippen LogP contribution >= 0.6 is 0 Å². The van der Waals surface area contributed by atoms with Crippen molar-refractivity contribution in [2.75, 3.05) is 20.2 Å². The summed E-state index contributed by atoms with van der Waals surface area (Å²) in [5.41, 5.74) is 1.12. The van der Waals surface area contributed by atoms with E-state index in [0.29, 0.717) is 5.92 Å². The summed E-state index contributed by atoms with van der Waals surface area (Å²) in [4.78, 5) is 11.3. The van der Waals surface area contributed by atoms with Gasteiger partial charge in [0.25, 0.3) is 0 Å². The van der Waals surface area contributed by atoms with Crippen molar-refractivity contribution < 1.29 is 4.74 Å². The van der Waals surface area contributed by atoms with Gasteiger partial charge in [-0.05, 0) is 49.6 Å². The monoisotopic (exact) mass is 351 g/mol. The van der Waals surface area contributed by atoms with Gasteiger partial charge in [-0.3, -0.25) is 4.90 Å². The van der Waals surface area contributed by atoms with Crippen LogP contribution in [-0.2, 0) is 13.1 Å². The van der Waals surface area contributed by atoms with Crippen molar-refractivity contribution in [1.29, 1.82) is 0 Å². The normalized spacial score (nSPS) is 18.1. The minimum absolute atomic E-state index is 0.669. The van der Waals surface area contributed by atoms with Crippen LogP contribution in [0.1, 0.15) is 18.7 Å². The summed E-state index contributed by atoms with van der Waals surface area (Å²) >= 11 is 0. The summed E-state index contributed by atoms with van der Waals surface area (Å²) in [6.45, 7) is 4.16. The Morgan fingerprint density at radius 1 is 1.15 bits per heavy atom. The van der Waals surface area contributed by atoms with Crippen molar-refractivity contribution >= 4 is 0 Å². The van der Waals surface area contributed by atoms with Crippen LogP contribution in [0.25, 0.3) is 5.69 Å². The fourth-order valence-corrected chi connectivity index (χ4v) is 3.77. The number of ether oxygens (including phenoxy) is 1. The Morgan fingerprint density at radius 3 is 2.81 bits per heavy atom. The lowest BCUT2D eigenvalue weighted by molar-refractivity contribution is 0.152. The van der Waals surface area contributed by atoms with E-state index in [2.05, 4.69) is 42.3 Å². The number of piperidine rings is 1. The molecule has 136 valence electrons. The van der Waals surface area contributed by atoms with E-state index < -0.39 is 0 Å². The molecule has 3 aromatic rings. The summed E-state index contributed by atoms with van der Waals surface area (Å²) in [6.07, 6.45) is 12.2. The van der Waals surface area contributed by atoms with Gasteiger partial charge in [0.15, 0.2) is 0 Å². The average molecular weight is 351 g/mol. The summed E-state index contributed by atoms with van der Waals surface area (Å²) in [5.74, 6) is 2.62. The highest BCUT2D eigenvalue weighted by Gasteiger charge is 2.21. The summed E-state index contributed by atoms with van der Waals surface area (Å²) in [6, 6.07) is 8.12. The molecule has 6 heteroatoms. The smallest absolute Gasteiger partial charge is 0.127 e. The maximum atomic E-state index is 5.25. The van der Waals surface area contributed by atoms with E-state index in [9.17, 15) is 0 Å². The van der Waals surface area contributed by atoms with E-state index in [1.807, 2.05) is 37.1 Å². The minimum atomic E-state index is 0.669. The highest BCUT2D eigenvalue weighted by atomic mass is 16.5. The van der Waals surface area contributed by atoms with Crippen LogP contribution in [0.15, 0.2) is 55.4 Å². The average Bonchev–Trinajstić information content (AvgIpc) is 3.34. The minimum Gasteiger partial charge on any atom is -0.497 e. The first-order valence-corrected chi connectivity index (χ1v) is 9.16. The van der Waals surface area contributed by atoms with Crippen LogP contribution in [0.2, 0.25) is 0 Å². The maximum absolute atomic E-state index is 5.25. The summed E-state index contributed by atoms with van der Waals surface area (Å²) in [7, 11) is 1.69. The van der Waals surface area contributed by atoms with E-state index >= 15 is 0 Å². The Balaban J connectivity index is 1.43. The molecule has 3 heterocycles. The van der Waals surface area contributed by atoms with Crippen LogP contribution in [0.5, 0.6) is 5.75 Å². The van der Waals surface area contributed by atoms with Gasteiger partial charge in [0.05, 0.1) is 20.0 Å². The van der Waals surface area contributed by atoms with Gasteiger partial charge in [-0.25, -0.2) is 9.97 Å². The van der Waals surface area contributed by atoms with Crippen molar-refractivity contribution in [2.24, 2.45) is 5.92 Å². The molecule has 1 aliphatic heterocycles. The van der Waals surface area contributed by atoms with E-state index in [0.717, 1.165) is 43.4 Å². The molecule has 0 radical (unpaired) electrons. The lowest BCUT2D eigenvalue weighted by Gasteiger charge is -2.32. The van der Waals surface area contributed by atoms with Gasteiger partial charge >= 0.3 is 0 Å². The number of aromatic nitrogens is 4. The summed E-state index contributed by atoms with van der Waals surface area (Å²) < 4.78 is 9.61. The van der Waals surface area contributed by atoms with E-state index in [-0.39, 0.29) is 0 Å². The maximum Gasteiger partial charge on any atom is 0.127 e. The molecule has 0 saturated carbocycles. The van der Waals surface area contributed by atoms with Crippen LogP contribution < -0.4 is 4.74 Å². The molecule has 2 aromatic heterocycles. The predicted molar refractivity (Wildman–Crippen MR) is 100 cm³/mol. The number of hydrogen-bond donors (Lipinski definition) is 0. The predicted octanol–water partition coefficient (Wildman–Crippen LogP) is 2.99. The van der Waals surface area contributed by atoms with E-state index in [1.165, 1.54) is 12.8 Å². The van der Waals surface area contributed by atoms with Crippen molar-refractivity contribution in [3.8, 4) is 11.4 Å². The topological polar surface area (TPSA) is 48.1 Å². The second-order valence-electron chi connectivity index (χ2n) is 6.91. The highest BCUT2D eigenvalue weighted by molar-refractivity contribution is 5.38. The van der Waals surface area contributed by atoms with E-state index in [1.54, 1.807) is 7.11 Å². The largest absolute Gasteiger partial charge is 0.497 e. The Hall–Kier alpha value is -2.60. The van der Waals surface area contributed by atoms with Gasteiger partial charge in [0, 0.05) is 43.6 Å². The Kier molecular flexibility index (Phi) is 5.02. The first-order valence-electron chi connectivity index (χ1n) is 9.16. The molecule has 4 rings (SSSR count). The van der Waals surface area contributed by atoms with E-state index in [4.69, 9.17) is 4.74 Å². The number of benzene rings is 1. The molecule has 1 saturated heterocycles. The van der Waals surface area contributed by atoms with Crippen molar-refractivity contribution in [3.05, 3.63) is 61.2 Å². The van der Waals surface area contributed by atoms with Gasteiger partial charge in [-0.15, -0.1) is 0 Å². The number of methoxy groups -OCH3 is 1. The zero-order valence-electron chi connectivity index (χ0n) is 15.2. The number of nitrogens with zero attached hydrogens (tertiary/aromatic N) is 5. The van der Waals surface area contributed by atoms with Crippen molar-refractivity contribution in [1.82, 2.24) is 24.0 Å². The van der Waals surface area contributed by atoms with Gasteiger partial charge < -0.3 is 13.9 Å². The van der Waals surface area contributed by atoms with Crippen molar-refractivity contribution in [2.45, 2.75) is 25.9 Å². The van der Waals surface area contributed by atoms with Gasteiger partial charge in [-0.1, -0.05) is 0 Å². The van der Waals surface area contributed by atoms with Gasteiger partial charge in [0.1, 0.15) is 11.6 Å². The van der Waals surface area contributed by atoms with Crippen molar-refractivity contribution in [3.63, 3.8) is 0 Å². The van der Waals surface area contributed by atoms with Gasteiger partial charge in [-0.2, -0.15) is 0 Å². The highest BCUT2D eigenvalue weighted by Crippen LogP contribution is 2.21. The first-order chi connectivity index (χ1) is 12.8. The van der Waals surface area contributed by atoms with Crippen LogP contribution in [0.3, 0.4) is 0 Å². The third-order valence-electron chi connectivity index (χ3n) is 5.06. The lowest BCUT2D eigenvalue weighted by atomic mass is 9.98. The molecule has 0 aliphatic carbocycles. The molecule has 0 unspecified atom stereocenters. The van der Waals surface area contributed by atoms with Gasteiger partial charge in [0.2, 0.25) is 0 Å². The molecule has 1 fully saturated rings. The first kappa shape index (κ1) is 16.8. The quantitative estimate of drug-likeness (QED) is 0.685. The molecule has 0 spiro atoms. The Morgan fingerprint density at radius 2 is 2.04 bits per heavy atom. The molecule has 1 atom stereocenters. The zero-order chi connectivity index (χ0) is 17.8. The van der Waals surface area contributed by atoms with Crippen LogP contribution in [-0.4, -0.2) is 44.2 Å². The molecule has 0 N–H and O–H groups in total. The van der Waals surface area contributed by atoms with Crippen LogP contribution in [0, 0.1) is 5.92 Å². The number of imidazole rings is 2.